The molecule has 72 valence electrons. The number of hydrogen-bond acceptors (Lipinski definition) is 5. The van der Waals surface area contributed by atoms with E-state index >= 15 is 0 Å². The molecule has 0 radical (unpaired) electrons. The maximum atomic E-state index is 9.21. The molecule has 2 aromatic heterocycles. The van der Waals surface area contributed by atoms with Gasteiger partial charge >= 0.3 is 0 Å². The monoisotopic (exact) mass is 208 g/mol. The van der Waals surface area contributed by atoms with Crippen LogP contribution in [0.1, 0.15) is 5.69 Å². The van der Waals surface area contributed by atoms with Crippen LogP contribution in [-0.4, -0.2) is 20.2 Å². The number of aliphatic hydroxyl groups excluding tert-OH is 1. The van der Waals surface area contributed by atoms with Crippen molar-refractivity contribution < 1.29 is 10.2 Å². The Morgan fingerprint density at radius 1 is 1.29 bits per heavy atom. The number of hydrogen-bond donors (Lipinski definition) is 2. The van der Waals surface area contributed by atoms with E-state index in [1.54, 1.807) is 12.4 Å². The second-order valence-corrected chi connectivity index (χ2v) is 3.64. The third-order valence-corrected chi connectivity index (χ3v) is 2.73. The molecule has 0 aliphatic heterocycles. The minimum atomic E-state index is -0.172. The van der Waals surface area contributed by atoms with Gasteiger partial charge in [-0.2, -0.15) is 0 Å². The fraction of sp³-hybridized carbons (Fsp3) is 0.111. The van der Waals surface area contributed by atoms with Gasteiger partial charge < -0.3 is 10.2 Å². The summed E-state index contributed by atoms with van der Waals surface area (Å²) in [6.07, 6.45) is 3.32. The lowest BCUT2D eigenvalue weighted by Crippen LogP contribution is -1.86. The van der Waals surface area contributed by atoms with Gasteiger partial charge in [-0.25, -0.2) is 4.98 Å². The van der Waals surface area contributed by atoms with Crippen molar-refractivity contribution in [1.82, 2.24) is 9.97 Å². The molecule has 0 spiro atoms. The molecule has 0 aromatic carbocycles. The molecule has 2 aromatic rings. The van der Waals surface area contributed by atoms with E-state index in [1.807, 2.05) is 12.1 Å². The maximum Gasteiger partial charge on any atom is 0.271 e. The Labute approximate surface area is 84.5 Å². The van der Waals surface area contributed by atoms with Crippen LogP contribution in [0.4, 0.5) is 0 Å². The Hall–Kier alpha value is -1.46. The van der Waals surface area contributed by atoms with Crippen LogP contribution in [-0.2, 0) is 6.61 Å². The Balaban J connectivity index is 2.51. The molecule has 2 heterocycles. The second-order valence-electron chi connectivity index (χ2n) is 2.67. The first-order chi connectivity index (χ1) is 6.81. The van der Waals surface area contributed by atoms with E-state index in [0.717, 1.165) is 21.8 Å². The average molecular weight is 208 g/mol. The number of thiazole rings is 1. The highest BCUT2D eigenvalue weighted by Crippen LogP contribution is 2.33. The van der Waals surface area contributed by atoms with E-state index in [-0.39, 0.29) is 11.8 Å². The molecule has 2 N–H and O–H groups in total. The predicted octanol–water partition coefficient (Wildman–Crippen LogP) is 1.40. The van der Waals surface area contributed by atoms with Crippen molar-refractivity contribution in [2.24, 2.45) is 0 Å². The number of aromatic hydroxyl groups is 1. The molecule has 0 saturated heterocycles. The van der Waals surface area contributed by atoms with Crippen LogP contribution >= 0.6 is 11.3 Å². The lowest BCUT2D eigenvalue weighted by Gasteiger charge is -1.97. The summed E-state index contributed by atoms with van der Waals surface area (Å²) >= 11 is 1.15. The maximum absolute atomic E-state index is 9.21. The molecule has 2 rings (SSSR count). The van der Waals surface area contributed by atoms with Gasteiger partial charge in [0.05, 0.1) is 17.2 Å². The van der Waals surface area contributed by atoms with Crippen molar-refractivity contribution in [3.05, 3.63) is 30.2 Å². The molecule has 0 fully saturated rings. The third-order valence-electron chi connectivity index (χ3n) is 1.78. The summed E-state index contributed by atoms with van der Waals surface area (Å²) in [6.45, 7) is -0.172. The highest BCUT2D eigenvalue weighted by molar-refractivity contribution is 7.16. The molecule has 0 unspecified atom stereocenters. The van der Waals surface area contributed by atoms with Crippen molar-refractivity contribution in [2.45, 2.75) is 6.61 Å². The van der Waals surface area contributed by atoms with Gasteiger partial charge in [0.2, 0.25) is 0 Å². The number of pyridine rings is 1. The Morgan fingerprint density at radius 2 is 2.00 bits per heavy atom. The summed E-state index contributed by atoms with van der Waals surface area (Å²) < 4.78 is 0. The van der Waals surface area contributed by atoms with E-state index in [4.69, 9.17) is 5.11 Å². The first kappa shape index (κ1) is 9.11. The fourth-order valence-corrected chi connectivity index (χ4v) is 2.00. The van der Waals surface area contributed by atoms with Crippen LogP contribution in [0.15, 0.2) is 24.5 Å². The zero-order valence-electron chi connectivity index (χ0n) is 7.21. The van der Waals surface area contributed by atoms with Crippen molar-refractivity contribution in [1.29, 1.82) is 0 Å². The summed E-state index contributed by atoms with van der Waals surface area (Å²) in [5.74, 6) is 0. The Kier molecular flexibility index (Phi) is 2.43. The van der Waals surface area contributed by atoms with Gasteiger partial charge in [0.1, 0.15) is 0 Å². The molecule has 0 amide bonds. The quantitative estimate of drug-likeness (QED) is 0.783. The van der Waals surface area contributed by atoms with Gasteiger partial charge in [-0.05, 0) is 17.7 Å². The summed E-state index contributed by atoms with van der Waals surface area (Å²) in [5.41, 5.74) is 1.40. The predicted molar refractivity (Wildman–Crippen MR) is 52.9 cm³/mol. The highest BCUT2D eigenvalue weighted by Gasteiger charge is 2.10. The van der Waals surface area contributed by atoms with Gasteiger partial charge in [0, 0.05) is 12.4 Å². The second kappa shape index (κ2) is 3.73. The first-order valence-corrected chi connectivity index (χ1v) is 4.83. The third kappa shape index (κ3) is 1.59. The summed E-state index contributed by atoms with van der Waals surface area (Å²) in [6, 6.07) is 3.62. The van der Waals surface area contributed by atoms with E-state index in [1.165, 1.54) is 0 Å². The largest absolute Gasteiger partial charge is 0.486 e. The standard InChI is InChI=1S/C9H8N2O2S/c12-5-7-8(14-9(13)11-7)6-1-3-10-4-2-6/h1-4,12H,5H2,(H,11,13). The number of nitrogens with zero attached hydrogens (tertiary/aromatic N) is 2. The molecule has 0 atom stereocenters. The van der Waals surface area contributed by atoms with Crippen LogP contribution in [0.2, 0.25) is 0 Å². The number of aliphatic hydroxyl groups is 1. The van der Waals surface area contributed by atoms with Gasteiger partial charge in [-0.15, -0.1) is 0 Å². The molecular formula is C9H8N2O2S. The molecule has 14 heavy (non-hydrogen) atoms. The van der Waals surface area contributed by atoms with Crippen LogP contribution in [0, 0.1) is 0 Å². The molecule has 0 aliphatic carbocycles. The van der Waals surface area contributed by atoms with Crippen molar-refractivity contribution in [3.63, 3.8) is 0 Å². The van der Waals surface area contributed by atoms with Gasteiger partial charge in [-0.3, -0.25) is 4.98 Å². The van der Waals surface area contributed by atoms with Crippen LogP contribution < -0.4 is 0 Å². The normalized spacial score (nSPS) is 10.4. The van der Waals surface area contributed by atoms with Crippen LogP contribution in [0.5, 0.6) is 5.19 Å². The fourth-order valence-electron chi connectivity index (χ4n) is 1.18. The smallest absolute Gasteiger partial charge is 0.271 e. The summed E-state index contributed by atoms with van der Waals surface area (Å²) in [7, 11) is 0. The van der Waals surface area contributed by atoms with Crippen LogP contribution in [0.3, 0.4) is 0 Å². The van der Waals surface area contributed by atoms with Crippen molar-refractivity contribution in [2.75, 3.05) is 0 Å². The summed E-state index contributed by atoms with van der Waals surface area (Å²) in [5, 5.41) is 18.2. The minimum Gasteiger partial charge on any atom is -0.486 e. The van der Waals surface area contributed by atoms with Crippen molar-refractivity contribution >= 4 is 11.3 Å². The van der Waals surface area contributed by atoms with Gasteiger partial charge in [0.15, 0.2) is 0 Å². The van der Waals surface area contributed by atoms with E-state index in [9.17, 15) is 5.11 Å². The first-order valence-electron chi connectivity index (χ1n) is 4.01. The van der Waals surface area contributed by atoms with E-state index < -0.39 is 0 Å². The Bertz CT molecular complexity index is 428. The zero-order chi connectivity index (χ0) is 9.97. The van der Waals surface area contributed by atoms with Gasteiger partial charge in [-0.1, -0.05) is 11.3 Å². The molecule has 5 heteroatoms. The topological polar surface area (TPSA) is 66.2 Å². The molecule has 0 saturated carbocycles. The average Bonchev–Trinajstić information content (AvgIpc) is 2.61. The molecular weight excluding hydrogens is 200 g/mol. The number of rotatable bonds is 2. The van der Waals surface area contributed by atoms with Crippen LogP contribution in [0.25, 0.3) is 10.4 Å². The molecule has 0 aliphatic rings. The van der Waals surface area contributed by atoms with E-state index in [0.29, 0.717) is 5.69 Å². The number of aromatic nitrogens is 2. The molecule has 4 nitrogen and oxygen atoms in total. The molecule has 0 bridgehead atoms. The minimum absolute atomic E-state index is 0.0270. The summed E-state index contributed by atoms with van der Waals surface area (Å²) in [4.78, 5) is 8.49. The Morgan fingerprint density at radius 3 is 2.64 bits per heavy atom. The van der Waals surface area contributed by atoms with Gasteiger partial charge in [0.25, 0.3) is 5.19 Å². The highest BCUT2D eigenvalue weighted by atomic mass is 32.1. The van der Waals surface area contributed by atoms with Crippen molar-refractivity contribution in [3.8, 4) is 15.6 Å². The zero-order valence-corrected chi connectivity index (χ0v) is 8.03. The lowest BCUT2D eigenvalue weighted by molar-refractivity contribution is 0.277. The lowest BCUT2D eigenvalue weighted by atomic mass is 10.2. The van der Waals surface area contributed by atoms with E-state index in [2.05, 4.69) is 9.97 Å². The SMILES string of the molecule is OCc1nc(O)sc1-c1ccncc1.